The van der Waals surface area contributed by atoms with E-state index in [-0.39, 0.29) is 18.1 Å². The van der Waals surface area contributed by atoms with E-state index in [1.54, 1.807) is 38.3 Å². The monoisotopic (exact) mass is 425 g/mol. The first-order valence-electron chi connectivity index (χ1n) is 9.97. The number of aromatic nitrogens is 2. The largest absolute Gasteiger partial charge is 0.497 e. The maximum atomic E-state index is 13.3. The van der Waals surface area contributed by atoms with E-state index in [0.717, 1.165) is 31.2 Å². The second-order valence-corrected chi connectivity index (χ2v) is 8.36. The lowest BCUT2D eigenvalue weighted by Gasteiger charge is -2.13. The highest BCUT2D eigenvalue weighted by Crippen LogP contribution is 2.39. The van der Waals surface area contributed by atoms with Crippen LogP contribution in [0.3, 0.4) is 0 Å². The number of rotatable bonds is 7. The second kappa shape index (κ2) is 8.79. The molecular weight excluding hydrogens is 402 g/mol. The Hall–Kier alpha value is -3.00. The van der Waals surface area contributed by atoms with Crippen molar-refractivity contribution in [1.29, 1.82) is 0 Å². The van der Waals surface area contributed by atoms with Gasteiger partial charge in [0.2, 0.25) is 11.8 Å². The minimum absolute atomic E-state index is 0.0696. The van der Waals surface area contributed by atoms with E-state index in [4.69, 9.17) is 9.26 Å². The maximum absolute atomic E-state index is 13.3. The lowest BCUT2D eigenvalue weighted by atomic mass is 9.92. The summed E-state index contributed by atoms with van der Waals surface area (Å²) >= 11 is 1.52. The van der Waals surface area contributed by atoms with Crippen molar-refractivity contribution in [2.24, 2.45) is 0 Å². The Balaban J connectivity index is 1.57. The van der Waals surface area contributed by atoms with E-state index in [1.807, 2.05) is 0 Å². The number of ketones is 1. The molecule has 0 saturated heterocycles. The fourth-order valence-electron chi connectivity index (χ4n) is 3.63. The molecule has 1 amide bonds. The zero-order valence-electron chi connectivity index (χ0n) is 17.0. The molecule has 156 valence electrons. The number of benzene rings is 1. The number of hydrogen-bond acceptors (Lipinski definition) is 7. The predicted molar refractivity (Wildman–Crippen MR) is 113 cm³/mol. The van der Waals surface area contributed by atoms with Crippen molar-refractivity contribution >= 4 is 28.0 Å². The highest BCUT2D eigenvalue weighted by Gasteiger charge is 2.27. The second-order valence-electron chi connectivity index (χ2n) is 7.26. The van der Waals surface area contributed by atoms with Gasteiger partial charge in [-0.15, -0.1) is 11.3 Å². The van der Waals surface area contributed by atoms with Gasteiger partial charge in [0, 0.05) is 23.3 Å². The highest BCUT2D eigenvalue weighted by atomic mass is 32.1. The third-order valence-corrected chi connectivity index (χ3v) is 6.35. The molecule has 1 aromatic carbocycles. The summed E-state index contributed by atoms with van der Waals surface area (Å²) in [7, 11) is 1.59. The van der Waals surface area contributed by atoms with Crippen molar-refractivity contribution in [3.8, 4) is 5.75 Å². The van der Waals surface area contributed by atoms with Gasteiger partial charge in [0.1, 0.15) is 10.8 Å². The van der Waals surface area contributed by atoms with E-state index in [2.05, 4.69) is 15.5 Å². The lowest BCUT2D eigenvalue weighted by molar-refractivity contribution is -0.116. The van der Waals surface area contributed by atoms with Crippen molar-refractivity contribution in [1.82, 2.24) is 10.1 Å². The smallest absolute Gasteiger partial charge is 0.227 e. The van der Waals surface area contributed by atoms with Crippen LogP contribution in [-0.4, -0.2) is 28.9 Å². The van der Waals surface area contributed by atoms with Crippen LogP contribution >= 0.6 is 11.3 Å². The Morgan fingerprint density at radius 3 is 2.67 bits per heavy atom. The summed E-state index contributed by atoms with van der Waals surface area (Å²) in [6.45, 7) is 1.74. The zero-order valence-corrected chi connectivity index (χ0v) is 17.8. The van der Waals surface area contributed by atoms with Gasteiger partial charge in [-0.25, -0.2) is 0 Å². The number of thiophene rings is 1. The number of fused-ring (bicyclic) bond motifs is 1. The van der Waals surface area contributed by atoms with Crippen molar-refractivity contribution in [2.45, 2.75) is 45.4 Å². The molecule has 1 aliphatic rings. The van der Waals surface area contributed by atoms with Crippen LogP contribution in [0.5, 0.6) is 5.75 Å². The van der Waals surface area contributed by atoms with E-state index in [1.165, 1.54) is 16.2 Å². The summed E-state index contributed by atoms with van der Waals surface area (Å²) in [5.41, 5.74) is 2.29. The van der Waals surface area contributed by atoms with Crippen LogP contribution in [0.4, 0.5) is 5.00 Å². The van der Waals surface area contributed by atoms with Gasteiger partial charge in [0.25, 0.3) is 0 Å². The molecule has 7 nitrogen and oxygen atoms in total. The number of nitrogens with one attached hydrogen (secondary N) is 1. The number of hydrogen-bond donors (Lipinski definition) is 1. The molecule has 0 unspecified atom stereocenters. The van der Waals surface area contributed by atoms with Crippen LogP contribution in [-0.2, 0) is 24.1 Å². The van der Waals surface area contributed by atoms with Crippen molar-refractivity contribution in [2.75, 3.05) is 12.4 Å². The third-order valence-electron chi connectivity index (χ3n) is 5.14. The average molecular weight is 426 g/mol. The SMILES string of the molecule is COc1ccc(C(=O)c2c(NC(=O)CCc3nc(C)no3)sc3c2CCCC3)cc1. The van der Waals surface area contributed by atoms with E-state index < -0.39 is 0 Å². The fraction of sp³-hybridized carbons (Fsp3) is 0.364. The number of carbonyl (C=O) groups excluding carboxylic acids is 2. The normalized spacial score (nSPS) is 13.0. The molecule has 0 saturated carbocycles. The van der Waals surface area contributed by atoms with Gasteiger partial charge in [-0.3, -0.25) is 9.59 Å². The van der Waals surface area contributed by atoms with Gasteiger partial charge >= 0.3 is 0 Å². The highest BCUT2D eigenvalue weighted by molar-refractivity contribution is 7.17. The molecule has 3 aromatic rings. The standard InChI is InChI=1S/C22H23N3O4S/c1-13-23-19(29-25-13)12-11-18(26)24-22-20(16-5-3-4-6-17(16)30-22)21(27)14-7-9-15(28-2)10-8-14/h7-10H,3-6,11-12H2,1-2H3,(H,24,26). The van der Waals surface area contributed by atoms with Crippen molar-refractivity contribution < 1.29 is 18.8 Å². The van der Waals surface area contributed by atoms with Crippen LogP contribution in [0.1, 0.15) is 57.3 Å². The van der Waals surface area contributed by atoms with Gasteiger partial charge < -0.3 is 14.6 Å². The summed E-state index contributed by atoms with van der Waals surface area (Å²) < 4.78 is 10.3. The minimum Gasteiger partial charge on any atom is -0.497 e. The molecule has 0 spiro atoms. The van der Waals surface area contributed by atoms with E-state index >= 15 is 0 Å². The van der Waals surface area contributed by atoms with Crippen LogP contribution in [0.2, 0.25) is 0 Å². The van der Waals surface area contributed by atoms with Crippen molar-refractivity contribution in [3.05, 3.63) is 57.5 Å². The Morgan fingerprint density at radius 1 is 1.20 bits per heavy atom. The van der Waals surface area contributed by atoms with Gasteiger partial charge in [-0.2, -0.15) is 4.98 Å². The van der Waals surface area contributed by atoms with Gasteiger partial charge in [0.15, 0.2) is 11.6 Å². The predicted octanol–water partition coefficient (Wildman–Crippen LogP) is 4.13. The minimum atomic E-state index is -0.173. The Kier molecular flexibility index (Phi) is 5.94. The molecule has 2 heterocycles. The first-order valence-corrected chi connectivity index (χ1v) is 10.8. The van der Waals surface area contributed by atoms with Gasteiger partial charge in [0.05, 0.1) is 12.7 Å². The summed E-state index contributed by atoms with van der Waals surface area (Å²) in [5.74, 6) is 1.43. The molecular formula is C22H23N3O4S. The van der Waals surface area contributed by atoms with Gasteiger partial charge in [-0.1, -0.05) is 5.16 Å². The number of anilines is 1. The molecule has 1 N–H and O–H groups in total. The Labute approximate surface area is 178 Å². The summed E-state index contributed by atoms with van der Waals surface area (Å²) in [6, 6.07) is 7.07. The third kappa shape index (κ3) is 4.28. The first-order chi connectivity index (χ1) is 14.5. The molecule has 1 aliphatic carbocycles. The summed E-state index contributed by atoms with van der Waals surface area (Å²) in [4.78, 5) is 31.2. The van der Waals surface area contributed by atoms with E-state index in [9.17, 15) is 9.59 Å². The summed E-state index contributed by atoms with van der Waals surface area (Å²) in [5, 5.41) is 7.33. The number of nitrogens with zero attached hydrogens (tertiary/aromatic N) is 2. The molecule has 8 heteroatoms. The lowest BCUT2D eigenvalue weighted by Crippen LogP contribution is -2.15. The number of aryl methyl sites for hydroxylation is 3. The summed E-state index contributed by atoms with van der Waals surface area (Å²) in [6.07, 6.45) is 4.53. The number of carbonyl (C=O) groups is 2. The molecule has 0 radical (unpaired) electrons. The molecule has 2 aromatic heterocycles. The fourth-order valence-corrected chi connectivity index (χ4v) is 4.93. The topological polar surface area (TPSA) is 94.3 Å². The average Bonchev–Trinajstić information content (AvgIpc) is 3.34. The Morgan fingerprint density at radius 2 is 1.97 bits per heavy atom. The van der Waals surface area contributed by atoms with Crippen LogP contribution in [0, 0.1) is 6.92 Å². The Bertz CT molecular complexity index is 1070. The number of amides is 1. The quantitative estimate of drug-likeness (QED) is 0.572. The zero-order chi connectivity index (χ0) is 21.1. The molecule has 4 rings (SSSR count). The van der Waals surface area contributed by atoms with Crippen LogP contribution in [0.15, 0.2) is 28.8 Å². The van der Waals surface area contributed by atoms with Gasteiger partial charge in [-0.05, 0) is 62.4 Å². The molecule has 0 bridgehead atoms. The van der Waals surface area contributed by atoms with E-state index in [0.29, 0.717) is 40.0 Å². The molecule has 30 heavy (non-hydrogen) atoms. The molecule has 0 fully saturated rings. The van der Waals surface area contributed by atoms with Crippen LogP contribution < -0.4 is 10.1 Å². The first kappa shape index (κ1) is 20.3. The van der Waals surface area contributed by atoms with Crippen molar-refractivity contribution in [3.63, 3.8) is 0 Å². The molecule has 0 aliphatic heterocycles. The molecule has 0 atom stereocenters. The maximum Gasteiger partial charge on any atom is 0.227 e. The number of ether oxygens (including phenoxy) is 1. The van der Waals surface area contributed by atoms with Crippen LogP contribution in [0.25, 0.3) is 0 Å². The number of methoxy groups -OCH3 is 1.